The molecule has 0 radical (unpaired) electrons. The van der Waals surface area contributed by atoms with Crippen molar-refractivity contribution < 1.29 is 9.90 Å². The standard InChI is InChI=1S/C15H20N2O2/c1-4-5-6-10(2)17-11(3)16-13-8-7-12(15(18)19)9-14(13)17/h7-10H,4-6H2,1-3H3,(H,18,19). The van der Waals surface area contributed by atoms with Crippen molar-refractivity contribution in [3.8, 4) is 0 Å². The highest BCUT2D eigenvalue weighted by Gasteiger charge is 2.14. The number of aromatic carboxylic acids is 1. The number of aryl methyl sites for hydroxylation is 1. The van der Waals surface area contributed by atoms with E-state index in [4.69, 9.17) is 5.11 Å². The summed E-state index contributed by atoms with van der Waals surface area (Å²) in [5.74, 6) is 0.0506. The molecule has 1 unspecified atom stereocenters. The average molecular weight is 260 g/mol. The molecule has 0 aliphatic rings. The van der Waals surface area contributed by atoms with E-state index in [1.807, 2.05) is 6.92 Å². The Morgan fingerprint density at radius 1 is 1.47 bits per heavy atom. The number of rotatable bonds is 5. The molecule has 4 heteroatoms. The number of hydrogen-bond acceptors (Lipinski definition) is 2. The lowest BCUT2D eigenvalue weighted by Gasteiger charge is -2.16. The summed E-state index contributed by atoms with van der Waals surface area (Å²) in [6.07, 6.45) is 3.41. The summed E-state index contributed by atoms with van der Waals surface area (Å²) in [6.45, 7) is 6.31. The quantitative estimate of drug-likeness (QED) is 0.889. The van der Waals surface area contributed by atoms with Crippen molar-refractivity contribution in [1.29, 1.82) is 0 Å². The van der Waals surface area contributed by atoms with Gasteiger partial charge in [-0.15, -0.1) is 0 Å². The zero-order valence-corrected chi connectivity index (χ0v) is 11.7. The van der Waals surface area contributed by atoms with E-state index >= 15 is 0 Å². The third-order valence-electron chi connectivity index (χ3n) is 3.53. The largest absolute Gasteiger partial charge is 0.478 e. The van der Waals surface area contributed by atoms with Crippen molar-refractivity contribution in [1.82, 2.24) is 9.55 Å². The van der Waals surface area contributed by atoms with Crippen LogP contribution >= 0.6 is 0 Å². The summed E-state index contributed by atoms with van der Waals surface area (Å²) >= 11 is 0. The lowest BCUT2D eigenvalue weighted by atomic mass is 10.1. The number of carboxylic acids is 1. The maximum atomic E-state index is 11.1. The molecule has 1 aromatic heterocycles. The van der Waals surface area contributed by atoms with Gasteiger partial charge in [0.15, 0.2) is 0 Å². The van der Waals surface area contributed by atoms with Crippen LogP contribution in [-0.2, 0) is 0 Å². The van der Waals surface area contributed by atoms with Crippen LogP contribution in [0.4, 0.5) is 0 Å². The summed E-state index contributed by atoms with van der Waals surface area (Å²) in [5.41, 5.74) is 2.10. The van der Waals surface area contributed by atoms with Gasteiger partial charge in [0.2, 0.25) is 0 Å². The van der Waals surface area contributed by atoms with E-state index in [0.717, 1.165) is 29.7 Å². The smallest absolute Gasteiger partial charge is 0.335 e. The number of fused-ring (bicyclic) bond motifs is 1. The van der Waals surface area contributed by atoms with E-state index in [0.29, 0.717) is 11.6 Å². The van der Waals surface area contributed by atoms with Crippen molar-refractivity contribution in [3.05, 3.63) is 29.6 Å². The monoisotopic (exact) mass is 260 g/mol. The summed E-state index contributed by atoms with van der Waals surface area (Å²) in [4.78, 5) is 15.6. The Labute approximate surface area is 113 Å². The van der Waals surface area contributed by atoms with Gasteiger partial charge in [-0.25, -0.2) is 9.78 Å². The molecule has 0 spiro atoms. The molecule has 0 saturated carbocycles. The Balaban J connectivity index is 2.49. The molecule has 1 N–H and O–H groups in total. The van der Waals surface area contributed by atoms with E-state index < -0.39 is 5.97 Å². The molecule has 0 bridgehead atoms. The molecule has 102 valence electrons. The van der Waals surface area contributed by atoms with Crippen molar-refractivity contribution in [2.24, 2.45) is 0 Å². The van der Waals surface area contributed by atoms with Crippen LogP contribution in [0.1, 0.15) is 55.3 Å². The number of nitrogens with zero attached hydrogens (tertiary/aromatic N) is 2. The summed E-state index contributed by atoms with van der Waals surface area (Å²) in [7, 11) is 0. The van der Waals surface area contributed by atoms with Crippen LogP contribution < -0.4 is 0 Å². The maximum Gasteiger partial charge on any atom is 0.335 e. The second-order valence-electron chi connectivity index (χ2n) is 5.03. The fourth-order valence-electron chi connectivity index (χ4n) is 2.53. The molecular formula is C15H20N2O2. The minimum atomic E-state index is -0.895. The van der Waals surface area contributed by atoms with Gasteiger partial charge >= 0.3 is 5.97 Å². The van der Waals surface area contributed by atoms with Crippen LogP contribution in [0.3, 0.4) is 0 Å². The van der Waals surface area contributed by atoms with Gasteiger partial charge in [-0.1, -0.05) is 19.8 Å². The maximum absolute atomic E-state index is 11.1. The Hall–Kier alpha value is -1.84. The Morgan fingerprint density at radius 3 is 2.84 bits per heavy atom. The average Bonchev–Trinajstić information content (AvgIpc) is 2.70. The molecule has 1 heterocycles. The van der Waals surface area contributed by atoms with Gasteiger partial charge in [-0.05, 0) is 38.5 Å². The first kappa shape index (κ1) is 13.6. The van der Waals surface area contributed by atoms with Gasteiger partial charge in [0, 0.05) is 6.04 Å². The van der Waals surface area contributed by atoms with Crippen LogP contribution in [0, 0.1) is 6.92 Å². The first-order valence-corrected chi connectivity index (χ1v) is 6.76. The molecule has 2 aromatic rings. The van der Waals surface area contributed by atoms with Gasteiger partial charge in [0.05, 0.1) is 16.6 Å². The number of carboxylic acid groups (broad SMARTS) is 1. The Kier molecular flexibility index (Phi) is 3.88. The zero-order chi connectivity index (χ0) is 14.0. The predicted octanol–water partition coefficient (Wildman–Crippen LogP) is 3.79. The van der Waals surface area contributed by atoms with Crippen LogP contribution in [0.2, 0.25) is 0 Å². The van der Waals surface area contributed by atoms with E-state index in [1.165, 1.54) is 6.42 Å². The molecule has 1 atom stereocenters. The van der Waals surface area contributed by atoms with Gasteiger partial charge in [0.25, 0.3) is 0 Å². The Bertz CT molecular complexity index is 601. The SMILES string of the molecule is CCCCC(C)n1c(C)nc2ccc(C(=O)O)cc21. The van der Waals surface area contributed by atoms with Crippen molar-refractivity contribution in [2.45, 2.75) is 46.1 Å². The molecule has 0 aliphatic heterocycles. The second kappa shape index (κ2) is 5.43. The zero-order valence-electron chi connectivity index (χ0n) is 11.7. The van der Waals surface area contributed by atoms with Gasteiger partial charge in [0.1, 0.15) is 5.82 Å². The third kappa shape index (κ3) is 2.62. The molecule has 19 heavy (non-hydrogen) atoms. The summed E-state index contributed by atoms with van der Waals surface area (Å²) < 4.78 is 2.15. The Morgan fingerprint density at radius 2 is 2.21 bits per heavy atom. The highest BCUT2D eigenvalue weighted by molar-refractivity contribution is 5.92. The molecule has 4 nitrogen and oxygen atoms in total. The van der Waals surface area contributed by atoms with Gasteiger partial charge in [-0.3, -0.25) is 0 Å². The van der Waals surface area contributed by atoms with E-state index in [-0.39, 0.29) is 0 Å². The van der Waals surface area contributed by atoms with E-state index in [2.05, 4.69) is 23.4 Å². The number of carbonyl (C=O) groups is 1. The normalized spacial score (nSPS) is 12.8. The second-order valence-corrected chi connectivity index (χ2v) is 5.03. The highest BCUT2D eigenvalue weighted by atomic mass is 16.4. The fraction of sp³-hybridized carbons (Fsp3) is 0.467. The van der Waals surface area contributed by atoms with E-state index in [9.17, 15) is 4.79 Å². The number of unbranched alkanes of at least 4 members (excludes halogenated alkanes) is 1. The fourth-order valence-corrected chi connectivity index (χ4v) is 2.53. The summed E-state index contributed by atoms with van der Waals surface area (Å²) in [6, 6.07) is 5.46. The van der Waals surface area contributed by atoms with Crippen molar-refractivity contribution in [2.75, 3.05) is 0 Å². The molecule has 0 aliphatic carbocycles. The van der Waals surface area contributed by atoms with Crippen LogP contribution in [0.5, 0.6) is 0 Å². The first-order valence-electron chi connectivity index (χ1n) is 6.76. The molecule has 0 saturated heterocycles. The predicted molar refractivity (Wildman–Crippen MR) is 75.7 cm³/mol. The highest BCUT2D eigenvalue weighted by Crippen LogP contribution is 2.25. The molecule has 1 aromatic carbocycles. The molecular weight excluding hydrogens is 240 g/mol. The third-order valence-corrected chi connectivity index (χ3v) is 3.53. The van der Waals surface area contributed by atoms with Crippen LogP contribution in [-0.4, -0.2) is 20.6 Å². The molecule has 0 fully saturated rings. The topological polar surface area (TPSA) is 55.1 Å². The van der Waals surface area contributed by atoms with Crippen molar-refractivity contribution in [3.63, 3.8) is 0 Å². The van der Waals surface area contributed by atoms with E-state index in [1.54, 1.807) is 18.2 Å². The first-order chi connectivity index (χ1) is 9.04. The number of hydrogen-bond donors (Lipinski definition) is 1. The van der Waals surface area contributed by atoms with Crippen LogP contribution in [0.25, 0.3) is 11.0 Å². The van der Waals surface area contributed by atoms with Gasteiger partial charge in [-0.2, -0.15) is 0 Å². The number of imidazole rings is 1. The lowest BCUT2D eigenvalue weighted by molar-refractivity contribution is 0.0697. The number of benzene rings is 1. The van der Waals surface area contributed by atoms with Crippen LogP contribution in [0.15, 0.2) is 18.2 Å². The minimum Gasteiger partial charge on any atom is -0.478 e. The lowest BCUT2D eigenvalue weighted by Crippen LogP contribution is -2.07. The number of aromatic nitrogens is 2. The molecule has 0 amide bonds. The summed E-state index contributed by atoms with van der Waals surface area (Å²) in [5, 5.41) is 9.09. The molecule has 2 rings (SSSR count). The minimum absolute atomic E-state index is 0.316. The van der Waals surface area contributed by atoms with Gasteiger partial charge < -0.3 is 9.67 Å². The van der Waals surface area contributed by atoms with Crippen molar-refractivity contribution >= 4 is 17.0 Å².